The molecule has 1 N–H and O–H groups in total. The van der Waals surface area contributed by atoms with Gasteiger partial charge in [-0.25, -0.2) is 4.98 Å². The Labute approximate surface area is 102 Å². The molecule has 1 aromatic heterocycles. The van der Waals surface area contributed by atoms with Gasteiger partial charge in [0.2, 0.25) is 0 Å². The molecule has 1 fully saturated rings. The first-order chi connectivity index (χ1) is 7.64. The van der Waals surface area contributed by atoms with E-state index in [-0.39, 0.29) is 0 Å². The molecule has 0 saturated heterocycles. The van der Waals surface area contributed by atoms with Gasteiger partial charge in [-0.3, -0.25) is 0 Å². The first-order valence-electron chi connectivity index (χ1n) is 6.22. The van der Waals surface area contributed by atoms with Gasteiger partial charge < -0.3 is 5.32 Å². The van der Waals surface area contributed by atoms with E-state index in [0.717, 1.165) is 6.42 Å². The molecule has 90 valence electrons. The molecule has 1 aromatic rings. The highest BCUT2D eigenvalue weighted by molar-refractivity contribution is 7.09. The molecule has 0 radical (unpaired) electrons. The first kappa shape index (κ1) is 12.1. The van der Waals surface area contributed by atoms with Crippen molar-refractivity contribution < 1.29 is 0 Å². The minimum atomic E-state index is 0.478. The van der Waals surface area contributed by atoms with Crippen LogP contribution in [0.1, 0.15) is 43.3 Å². The summed E-state index contributed by atoms with van der Waals surface area (Å²) >= 11 is 1.76. The third kappa shape index (κ3) is 2.46. The van der Waals surface area contributed by atoms with Crippen LogP contribution in [0.25, 0.3) is 0 Å². The van der Waals surface area contributed by atoms with Gasteiger partial charge >= 0.3 is 0 Å². The van der Waals surface area contributed by atoms with E-state index in [1.165, 1.54) is 36.4 Å². The molecular weight excluding hydrogens is 216 g/mol. The normalized spacial score (nSPS) is 21.2. The Bertz CT molecular complexity index is 339. The number of likely N-dealkylation sites (N-methyl/N-ethyl adjacent to an activating group) is 1. The maximum atomic E-state index is 4.58. The van der Waals surface area contributed by atoms with Gasteiger partial charge in [-0.2, -0.15) is 0 Å². The predicted octanol–water partition coefficient (Wildman–Crippen LogP) is 3.16. The topological polar surface area (TPSA) is 24.9 Å². The van der Waals surface area contributed by atoms with Crippen LogP contribution in [0, 0.1) is 12.3 Å². The smallest absolute Gasteiger partial charge is 0.0897 e. The molecule has 0 amide bonds. The Hall–Kier alpha value is -0.410. The van der Waals surface area contributed by atoms with Gasteiger partial charge in [0.05, 0.1) is 10.7 Å². The van der Waals surface area contributed by atoms with Gasteiger partial charge in [0.25, 0.3) is 0 Å². The maximum absolute atomic E-state index is 4.58. The summed E-state index contributed by atoms with van der Waals surface area (Å²) in [5.74, 6) is 0. The molecule has 1 unspecified atom stereocenters. The second-order valence-corrected chi connectivity index (χ2v) is 6.33. The fraction of sp³-hybridized carbons (Fsp3) is 0.769. The lowest BCUT2D eigenvalue weighted by molar-refractivity contribution is 0.228. The fourth-order valence-corrected chi connectivity index (χ4v) is 3.56. The molecule has 0 aliphatic heterocycles. The van der Waals surface area contributed by atoms with Crippen LogP contribution in [-0.4, -0.2) is 18.1 Å². The van der Waals surface area contributed by atoms with Gasteiger partial charge in [0, 0.05) is 17.8 Å². The second kappa shape index (κ2) is 4.84. The summed E-state index contributed by atoms with van der Waals surface area (Å²) in [4.78, 5) is 4.58. The van der Waals surface area contributed by atoms with E-state index in [2.05, 4.69) is 36.6 Å². The van der Waals surface area contributed by atoms with Gasteiger partial charge in [-0.1, -0.05) is 19.8 Å². The second-order valence-electron chi connectivity index (χ2n) is 5.26. The van der Waals surface area contributed by atoms with Crippen molar-refractivity contribution in [3.63, 3.8) is 0 Å². The van der Waals surface area contributed by atoms with Crippen molar-refractivity contribution in [3.8, 4) is 0 Å². The molecule has 1 saturated carbocycles. The number of aryl methyl sites for hydroxylation is 1. The molecule has 2 nitrogen and oxygen atoms in total. The van der Waals surface area contributed by atoms with Crippen LogP contribution in [0.2, 0.25) is 0 Å². The first-order valence-corrected chi connectivity index (χ1v) is 7.10. The van der Waals surface area contributed by atoms with Gasteiger partial charge in [0.1, 0.15) is 0 Å². The van der Waals surface area contributed by atoms with Gasteiger partial charge in [0.15, 0.2) is 0 Å². The number of hydrogen-bond donors (Lipinski definition) is 1. The van der Waals surface area contributed by atoms with E-state index in [1.807, 2.05) is 0 Å². The molecule has 1 atom stereocenters. The van der Waals surface area contributed by atoms with Crippen molar-refractivity contribution in [1.29, 1.82) is 0 Å². The molecule has 0 aromatic carbocycles. The number of hydrogen-bond acceptors (Lipinski definition) is 3. The lowest BCUT2D eigenvalue weighted by Crippen LogP contribution is -2.41. The predicted molar refractivity (Wildman–Crippen MR) is 70.0 cm³/mol. The van der Waals surface area contributed by atoms with E-state index >= 15 is 0 Å². The molecule has 1 heterocycles. The van der Waals surface area contributed by atoms with Crippen LogP contribution in [0.15, 0.2) is 5.38 Å². The SMILES string of the molecule is CNC(Cc1csc(C)n1)C1(C)CCCC1. The molecule has 1 aliphatic rings. The average Bonchev–Trinajstić information content (AvgIpc) is 2.85. The van der Waals surface area contributed by atoms with Crippen molar-refractivity contribution in [1.82, 2.24) is 10.3 Å². The Morgan fingerprint density at radius 1 is 1.50 bits per heavy atom. The number of aromatic nitrogens is 1. The van der Waals surface area contributed by atoms with Crippen molar-refractivity contribution >= 4 is 11.3 Å². The minimum absolute atomic E-state index is 0.478. The van der Waals surface area contributed by atoms with E-state index in [4.69, 9.17) is 0 Å². The summed E-state index contributed by atoms with van der Waals surface area (Å²) in [6.45, 7) is 4.51. The third-order valence-electron chi connectivity index (χ3n) is 4.02. The highest BCUT2D eigenvalue weighted by atomic mass is 32.1. The largest absolute Gasteiger partial charge is 0.316 e. The Morgan fingerprint density at radius 3 is 2.69 bits per heavy atom. The summed E-state index contributed by atoms with van der Waals surface area (Å²) in [6, 6.07) is 0.580. The quantitative estimate of drug-likeness (QED) is 0.871. The minimum Gasteiger partial charge on any atom is -0.316 e. The summed E-state index contributed by atoms with van der Waals surface area (Å²) in [5, 5.41) is 6.90. The van der Waals surface area contributed by atoms with Crippen molar-refractivity contribution in [2.45, 2.75) is 52.0 Å². The van der Waals surface area contributed by atoms with Crippen LogP contribution in [0.4, 0.5) is 0 Å². The number of rotatable bonds is 4. The van der Waals surface area contributed by atoms with Crippen LogP contribution in [0.5, 0.6) is 0 Å². The summed E-state index contributed by atoms with van der Waals surface area (Å²) in [5.41, 5.74) is 1.74. The lowest BCUT2D eigenvalue weighted by atomic mass is 9.78. The highest BCUT2D eigenvalue weighted by Gasteiger charge is 2.36. The lowest BCUT2D eigenvalue weighted by Gasteiger charge is -2.33. The van der Waals surface area contributed by atoms with Crippen molar-refractivity contribution in [2.24, 2.45) is 5.41 Å². The van der Waals surface area contributed by atoms with E-state index in [9.17, 15) is 0 Å². The summed E-state index contributed by atoms with van der Waals surface area (Å²) < 4.78 is 0. The summed E-state index contributed by atoms with van der Waals surface area (Å²) in [7, 11) is 2.09. The fourth-order valence-electron chi connectivity index (χ4n) is 2.94. The number of nitrogens with one attached hydrogen (secondary N) is 1. The van der Waals surface area contributed by atoms with Crippen LogP contribution in [0.3, 0.4) is 0 Å². The molecular formula is C13H22N2S. The molecule has 16 heavy (non-hydrogen) atoms. The van der Waals surface area contributed by atoms with Crippen LogP contribution >= 0.6 is 11.3 Å². The molecule has 0 bridgehead atoms. The Balaban J connectivity index is 2.05. The third-order valence-corrected chi connectivity index (χ3v) is 4.84. The zero-order chi connectivity index (χ0) is 11.6. The van der Waals surface area contributed by atoms with Gasteiger partial charge in [-0.15, -0.1) is 11.3 Å². The average molecular weight is 238 g/mol. The van der Waals surface area contributed by atoms with E-state index in [0.29, 0.717) is 11.5 Å². The van der Waals surface area contributed by atoms with E-state index in [1.54, 1.807) is 11.3 Å². The van der Waals surface area contributed by atoms with Gasteiger partial charge in [-0.05, 0) is 32.2 Å². The summed E-state index contributed by atoms with van der Waals surface area (Å²) in [6.07, 6.45) is 6.59. The van der Waals surface area contributed by atoms with E-state index < -0.39 is 0 Å². The molecule has 1 aliphatic carbocycles. The standard InChI is InChI=1S/C13H22N2S/c1-10-15-11(9-16-10)8-12(14-3)13(2)6-4-5-7-13/h9,12,14H,4-8H2,1-3H3. The molecule has 0 spiro atoms. The van der Waals surface area contributed by atoms with Crippen molar-refractivity contribution in [3.05, 3.63) is 16.1 Å². The monoisotopic (exact) mass is 238 g/mol. The number of thiazole rings is 1. The zero-order valence-corrected chi connectivity index (χ0v) is 11.4. The van der Waals surface area contributed by atoms with Crippen LogP contribution < -0.4 is 5.32 Å². The molecule has 3 heteroatoms. The molecule has 2 rings (SSSR count). The Morgan fingerprint density at radius 2 is 2.19 bits per heavy atom. The maximum Gasteiger partial charge on any atom is 0.0897 e. The zero-order valence-electron chi connectivity index (χ0n) is 10.5. The number of nitrogens with zero attached hydrogens (tertiary/aromatic N) is 1. The van der Waals surface area contributed by atoms with Crippen molar-refractivity contribution in [2.75, 3.05) is 7.05 Å². The highest BCUT2D eigenvalue weighted by Crippen LogP contribution is 2.41. The Kier molecular flexibility index (Phi) is 3.65. The van der Waals surface area contributed by atoms with Crippen LogP contribution in [-0.2, 0) is 6.42 Å².